The normalized spacial score (nSPS) is 11.7. The van der Waals surface area contributed by atoms with Gasteiger partial charge in [0.15, 0.2) is 0 Å². The zero-order valence-corrected chi connectivity index (χ0v) is 20.5. The summed E-state index contributed by atoms with van der Waals surface area (Å²) in [7, 11) is 0. The van der Waals surface area contributed by atoms with Crippen molar-refractivity contribution in [2.75, 3.05) is 0 Å². The van der Waals surface area contributed by atoms with Crippen LogP contribution in [0.3, 0.4) is 0 Å². The first-order chi connectivity index (χ1) is 17.6. The number of hydrogen-bond donors (Lipinski definition) is 1. The van der Waals surface area contributed by atoms with E-state index in [1.54, 1.807) is 17.4 Å². The number of aromatic nitrogens is 1. The summed E-state index contributed by atoms with van der Waals surface area (Å²) in [4.78, 5) is 15.2. The molecule has 6 heteroatoms. The van der Waals surface area contributed by atoms with E-state index in [0.717, 1.165) is 30.8 Å². The largest absolute Gasteiger partial charge is 0.477 e. The van der Waals surface area contributed by atoms with Crippen molar-refractivity contribution in [1.29, 1.82) is 5.26 Å². The SMILES string of the molecule is N#C/C(=C/c1ccc(-c2ccc(-c3ccc(-n4c5ccccc5c5ccccc54)cc3)s2)s1)C(=O)O. The second-order valence-electron chi connectivity index (χ2n) is 8.26. The van der Waals surface area contributed by atoms with Crippen molar-refractivity contribution in [3.63, 3.8) is 0 Å². The number of nitriles is 1. The smallest absolute Gasteiger partial charge is 0.346 e. The molecule has 4 nitrogen and oxygen atoms in total. The fourth-order valence-corrected chi connectivity index (χ4v) is 6.50. The fourth-order valence-electron chi connectivity index (χ4n) is 4.45. The minimum absolute atomic E-state index is 0.265. The van der Waals surface area contributed by atoms with Gasteiger partial charge >= 0.3 is 5.97 Å². The van der Waals surface area contributed by atoms with E-state index in [9.17, 15) is 4.79 Å². The molecule has 1 N–H and O–H groups in total. The van der Waals surface area contributed by atoms with Gasteiger partial charge in [0.25, 0.3) is 0 Å². The lowest BCUT2D eigenvalue weighted by molar-refractivity contribution is -0.132. The molecule has 0 amide bonds. The number of thiophene rings is 2. The third kappa shape index (κ3) is 3.81. The Morgan fingerprint density at radius 2 is 1.33 bits per heavy atom. The molecule has 0 aliphatic heterocycles. The molecule has 0 saturated heterocycles. The average Bonchev–Trinajstić information content (AvgIpc) is 3.65. The highest BCUT2D eigenvalue weighted by molar-refractivity contribution is 7.24. The molecular weight excluding hydrogens is 484 g/mol. The Kier molecular flexibility index (Phi) is 5.49. The first-order valence-corrected chi connectivity index (χ1v) is 12.9. The second kappa shape index (κ2) is 8.97. The predicted molar refractivity (Wildman–Crippen MR) is 149 cm³/mol. The van der Waals surface area contributed by atoms with Crippen molar-refractivity contribution in [3.05, 3.63) is 108 Å². The summed E-state index contributed by atoms with van der Waals surface area (Å²) in [6.45, 7) is 0. The van der Waals surface area contributed by atoms with Crippen LogP contribution in [0.2, 0.25) is 0 Å². The third-order valence-corrected chi connectivity index (χ3v) is 8.47. The first-order valence-electron chi connectivity index (χ1n) is 11.3. The zero-order chi connectivity index (χ0) is 24.6. The quantitative estimate of drug-likeness (QED) is 0.191. The molecule has 36 heavy (non-hydrogen) atoms. The molecule has 0 fully saturated rings. The monoisotopic (exact) mass is 502 g/mol. The highest BCUT2D eigenvalue weighted by Gasteiger charge is 2.13. The lowest BCUT2D eigenvalue weighted by Gasteiger charge is -2.08. The van der Waals surface area contributed by atoms with E-state index in [4.69, 9.17) is 10.4 Å². The Balaban J connectivity index is 1.32. The molecule has 3 aromatic carbocycles. The summed E-state index contributed by atoms with van der Waals surface area (Å²) >= 11 is 3.17. The van der Waals surface area contributed by atoms with E-state index >= 15 is 0 Å². The topological polar surface area (TPSA) is 66.0 Å². The summed E-state index contributed by atoms with van der Waals surface area (Å²) in [5, 5.41) is 20.6. The van der Waals surface area contributed by atoms with E-state index in [-0.39, 0.29) is 5.57 Å². The fraction of sp³-hybridized carbons (Fsp3) is 0. The lowest BCUT2D eigenvalue weighted by Crippen LogP contribution is -1.96. The van der Waals surface area contributed by atoms with Gasteiger partial charge in [-0.3, -0.25) is 0 Å². The van der Waals surface area contributed by atoms with Crippen LogP contribution in [0, 0.1) is 11.3 Å². The highest BCUT2D eigenvalue weighted by Crippen LogP contribution is 2.39. The number of carboxylic acids is 1. The van der Waals surface area contributed by atoms with Gasteiger partial charge in [-0.05, 0) is 60.2 Å². The summed E-state index contributed by atoms with van der Waals surface area (Å²) in [6.07, 6.45) is 1.42. The van der Waals surface area contributed by atoms with Gasteiger partial charge in [-0.25, -0.2) is 4.79 Å². The molecule has 0 bridgehead atoms. The van der Waals surface area contributed by atoms with E-state index < -0.39 is 5.97 Å². The number of hydrogen-bond acceptors (Lipinski definition) is 4. The second-order valence-corrected chi connectivity index (χ2v) is 10.5. The molecular formula is C30H18N2O2S2. The van der Waals surface area contributed by atoms with Gasteiger partial charge in [0.1, 0.15) is 11.6 Å². The third-order valence-electron chi connectivity index (χ3n) is 6.10. The average molecular weight is 503 g/mol. The van der Waals surface area contributed by atoms with Crippen LogP contribution in [0.15, 0.2) is 103 Å². The number of carbonyl (C=O) groups is 1. The minimum atomic E-state index is -1.21. The van der Waals surface area contributed by atoms with Crippen LogP contribution < -0.4 is 0 Å². The van der Waals surface area contributed by atoms with Crippen LogP contribution in [0.25, 0.3) is 53.8 Å². The highest BCUT2D eigenvalue weighted by atomic mass is 32.1. The maximum atomic E-state index is 11.1. The Labute approximate surface area is 215 Å². The van der Waals surface area contributed by atoms with Crippen LogP contribution in [-0.4, -0.2) is 15.6 Å². The molecule has 0 saturated carbocycles. The van der Waals surface area contributed by atoms with Crippen molar-refractivity contribution >= 4 is 56.5 Å². The van der Waals surface area contributed by atoms with E-state index in [2.05, 4.69) is 89.5 Å². The number of nitrogens with zero attached hydrogens (tertiary/aromatic N) is 2. The first kappa shape index (κ1) is 22.1. The van der Waals surface area contributed by atoms with Crippen molar-refractivity contribution in [2.45, 2.75) is 0 Å². The molecule has 0 atom stereocenters. The molecule has 6 aromatic rings. The summed E-state index contributed by atoms with van der Waals surface area (Å²) < 4.78 is 2.31. The van der Waals surface area contributed by atoms with Crippen molar-refractivity contribution in [2.24, 2.45) is 0 Å². The molecule has 0 spiro atoms. The van der Waals surface area contributed by atoms with Gasteiger partial charge in [-0.2, -0.15) is 5.26 Å². The molecule has 6 rings (SSSR count). The van der Waals surface area contributed by atoms with Gasteiger partial charge < -0.3 is 9.67 Å². The molecule has 3 aromatic heterocycles. The van der Waals surface area contributed by atoms with Gasteiger partial charge in [0, 0.05) is 36.0 Å². The molecule has 3 heterocycles. The van der Waals surface area contributed by atoms with E-state index in [1.165, 1.54) is 39.2 Å². The zero-order valence-electron chi connectivity index (χ0n) is 18.9. The molecule has 0 aliphatic carbocycles. The van der Waals surface area contributed by atoms with Crippen LogP contribution in [0.1, 0.15) is 4.88 Å². The number of rotatable bonds is 5. The van der Waals surface area contributed by atoms with Crippen LogP contribution >= 0.6 is 22.7 Å². The van der Waals surface area contributed by atoms with Crippen molar-refractivity contribution in [3.8, 4) is 32.0 Å². The molecule has 172 valence electrons. The number of aliphatic carboxylic acids is 1. The summed E-state index contributed by atoms with van der Waals surface area (Å²) in [5.74, 6) is -1.21. The summed E-state index contributed by atoms with van der Waals surface area (Å²) in [6, 6.07) is 35.4. The Morgan fingerprint density at radius 1 is 0.750 bits per heavy atom. The number of fused-ring (bicyclic) bond motifs is 3. The van der Waals surface area contributed by atoms with Gasteiger partial charge in [0.05, 0.1) is 11.0 Å². The predicted octanol–water partition coefficient (Wildman–Crippen LogP) is 8.23. The summed E-state index contributed by atoms with van der Waals surface area (Å²) in [5.41, 5.74) is 4.38. The Morgan fingerprint density at radius 3 is 1.97 bits per heavy atom. The maximum absolute atomic E-state index is 11.1. The molecule has 0 radical (unpaired) electrons. The van der Waals surface area contributed by atoms with Crippen molar-refractivity contribution in [1.82, 2.24) is 4.57 Å². The van der Waals surface area contributed by atoms with Gasteiger partial charge in [-0.1, -0.05) is 48.5 Å². The number of benzene rings is 3. The number of carboxylic acid groups (broad SMARTS) is 1. The Bertz CT molecular complexity index is 1780. The maximum Gasteiger partial charge on any atom is 0.346 e. The van der Waals surface area contributed by atoms with Crippen LogP contribution in [0.5, 0.6) is 0 Å². The van der Waals surface area contributed by atoms with Crippen LogP contribution in [0.4, 0.5) is 0 Å². The minimum Gasteiger partial charge on any atom is -0.477 e. The number of para-hydroxylation sites is 2. The Hall–Kier alpha value is -4.44. The molecule has 0 aliphatic rings. The van der Waals surface area contributed by atoms with Gasteiger partial charge in [0.2, 0.25) is 0 Å². The standard InChI is InChI=1S/C30H18N2O2S2/c31-18-20(30(33)34)17-22-13-14-28(35-22)29-16-15-27(36-29)19-9-11-21(12-10-19)32-25-7-3-1-5-23(25)24-6-2-4-8-26(24)32/h1-17H,(H,33,34)/b20-17-. The lowest BCUT2D eigenvalue weighted by atomic mass is 10.1. The van der Waals surface area contributed by atoms with E-state index in [0.29, 0.717) is 0 Å². The van der Waals surface area contributed by atoms with Gasteiger partial charge in [-0.15, -0.1) is 22.7 Å². The molecule has 0 unspecified atom stereocenters. The van der Waals surface area contributed by atoms with Crippen molar-refractivity contribution < 1.29 is 9.90 Å². The van der Waals surface area contributed by atoms with E-state index in [1.807, 2.05) is 12.1 Å². The van der Waals surface area contributed by atoms with Crippen LogP contribution in [-0.2, 0) is 4.79 Å².